The molecular formula is C16H18N4O7S. The number of carbonyl (C=O) groups is 2. The molecule has 1 aromatic carbocycles. The SMILES string of the molecule is COc1cc(OC)nc(CNC(=O)NS(=O)(=O)Cc2ccccc2C(=O)O)n1. The maximum absolute atomic E-state index is 12.2. The minimum atomic E-state index is -4.14. The van der Waals surface area contributed by atoms with E-state index < -0.39 is 27.8 Å². The Hall–Kier alpha value is -3.41. The smallest absolute Gasteiger partial charge is 0.335 e. The number of nitrogens with one attached hydrogen (secondary N) is 2. The third kappa shape index (κ3) is 5.81. The first-order valence-electron chi connectivity index (χ1n) is 7.79. The quantitative estimate of drug-likeness (QED) is 0.564. The number of rotatable bonds is 8. The molecule has 0 unspecified atom stereocenters. The van der Waals surface area contributed by atoms with Gasteiger partial charge in [-0.2, -0.15) is 9.97 Å². The first-order chi connectivity index (χ1) is 13.2. The third-order valence-electron chi connectivity index (χ3n) is 3.39. The molecular weight excluding hydrogens is 392 g/mol. The molecule has 0 radical (unpaired) electrons. The van der Waals surface area contributed by atoms with Crippen molar-refractivity contribution in [2.45, 2.75) is 12.3 Å². The number of benzene rings is 1. The monoisotopic (exact) mass is 410 g/mol. The number of ether oxygens (including phenoxy) is 2. The van der Waals surface area contributed by atoms with Crippen LogP contribution in [0.1, 0.15) is 21.7 Å². The summed E-state index contributed by atoms with van der Waals surface area (Å²) in [6.45, 7) is -0.194. The summed E-state index contributed by atoms with van der Waals surface area (Å²) in [7, 11) is -1.34. The van der Waals surface area contributed by atoms with Crippen molar-refractivity contribution in [2.24, 2.45) is 0 Å². The van der Waals surface area contributed by atoms with E-state index in [2.05, 4.69) is 15.3 Å². The molecule has 0 spiro atoms. The van der Waals surface area contributed by atoms with Gasteiger partial charge >= 0.3 is 12.0 Å². The maximum atomic E-state index is 12.2. The fourth-order valence-corrected chi connectivity index (χ4v) is 3.26. The molecule has 0 atom stereocenters. The molecule has 0 saturated carbocycles. The van der Waals surface area contributed by atoms with Gasteiger partial charge in [0.1, 0.15) is 0 Å². The van der Waals surface area contributed by atoms with Crippen LogP contribution in [0, 0.1) is 0 Å². The van der Waals surface area contributed by atoms with Crippen LogP contribution in [0.2, 0.25) is 0 Å². The van der Waals surface area contributed by atoms with Gasteiger partial charge in [-0.3, -0.25) is 0 Å². The average molecular weight is 410 g/mol. The molecule has 0 saturated heterocycles. The lowest BCUT2D eigenvalue weighted by Crippen LogP contribution is -2.40. The zero-order valence-corrected chi connectivity index (χ0v) is 15.8. The minimum Gasteiger partial charge on any atom is -0.481 e. The second kappa shape index (κ2) is 8.99. The molecule has 12 heteroatoms. The minimum absolute atomic E-state index is 0.0520. The number of amides is 2. The Balaban J connectivity index is 2.02. The van der Waals surface area contributed by atoms with Gasteiger partial charge in [0.05, 0.1) is 38.1 Å². The summed E-state index contributed by atoms with van der Waals surface area (Å²) >= 11 is 0. The van der Waals surface area contributed by atoms with E-state index >= 15 is 0 Å². The topological polar surface area (TPSA) is 157 Å². The largest absolute Gasteiger partial charge is 0.481 e. The Morgan fingerprint density at radius 1 is 1.11 bits per heavy atom. The first kappa shape index (κ1) is 20.9. The number of carboxylic acid groups (broad SMARTS) is 1. The summed E-state index contributed by atoms with van der Waals surface area (Å²) < 4.78 is 36.1. The second-order valence-electron chi connectivity index (χ2n) is 5.38. The van der Waals surface area contributed by atoms with Gasteiger partial charge in [0.25, 0.3) is 0 Å². The van der Waals surface area contributed by atoms with Crippen LogP contribution < -0.4 is 19.5 Å². The fourth-order valence-electron chi connectivity index (χ4n) is 2.17. The number of nitrogens with zero attached hydrogens (tertiary/aromatic N) is 2. The molecule has 2 aromatic rings. The van der Waals surface area contributed by atoms with Crippen molar-refractivity contribution in [3.05, 3.63) is 47.3 Å². The van der Waals surface area contributed by atoms with E-state index in [4.69, 9.17) is 14.6 Å². The molecule has 1 aromatic heterocycles. The highest BCUT2D eigenvalue weighted by atomic mass is 32.2. The van der Waals surface area contributed by atoms with Gasteiger partial charge in [-0.15, -0.1) is 0 Å². The van der Waals surface area contributed by atoms with Crippen molar-refractivity contribution in [1.29, 1.82) is 0 Å². The van der Waals surface area contributed by atoms with Crippen LogP contribution in [-0.2, 0) is 22.3 Å². The van der Waals surface area contributed by atoms with Crippen LogP contribution in [-0.4, -0.2) is 49.7 Å². The maximum Gasteiger partial charge on any atom is 0.335 e. The van der Waals surface area contributed by atoms with Crippen LogP contribution in [0.5, 0.6) is 11.8 Å². The lowest BCUT2D eigenvalue weighted by atomic mass is 10.1. The fraction of sp³-hybridized carbons (Fsp3) is 0.250. The molecule has 0 aliphatic carbocycles. The highest BCUT2D eigenvalue weighted by Gasteiger charge is 2.19. The van der Waals surface area contributed by atoms with Crippen molar-refractivity contribution < 1.29 is 32.6 Å². The van der Waals surface area contributed by atoms with Gasteiger partial charge in [-0.25, -0.2) is 22.7 Å². The number of urea groups is 1. The van der Waals surface area contributed by atoms with Crippen LogP contribution >= 0.6 is 0 Å². The number of carbonyl (C=O) groups excluding carboxylic acids is 1. The number of methoxy groups -OCH3 is 2. The Labute approximate surface area is 160 Å². The van der Waals surface area contributed by atoms with E-state index in [1.807, 2.05) is 4.72 Å². The summed E-state index contributed by atoms with van der Waals surface area (Å²) in [6, 6.07) is 6.04. The van der Waals surface area contributed by atoms with Crippen molar-refractivity contribution in [1.82, 2.24) is 20.0 Å². The molecule has 1 heterocycles. The standard InChI is InChI=1S/C16H18N4O7S/c1-26-13-7-14(27-2)19-12(18-13)8-17-16(23)20-28(24,25)9-10-5-3-4-6-11(10)15(21)22/h3-7H,8-9H2,1-2H3,(H,21,22)(H2,17,20,23). The van der Waals surface area contributed by atoms with E-state index in [1.165, 1.54) is 44.6 Å². The lowest BCUT2D eigenvalue weighted by molar-refractivity contribution is 0.0696. The van der Waals surface area contributed by atoms with E-state index in [0.29, 0.717) is 0 Å². The van der Waals surface area contributed by atoms with Gasteiger partial charge in [-0.1, -0.05) is 18.2 Å². The highest BCUT2D eigenvalue weighted by Crippen LogP contribution is 2.15. The summed E-state index contributed by atoms with van der Waals surface area (Å²) in [5.74, 6) is -1.38. The Bertz CT molecular complexity index is 956. The van der Waals surface area contributed by atoms with Gasteiger partial charge < -0.3 is 19.9 Å². The number of aromatic nitrogens is 2. The van der Waals surface area contributed by atoms with Crippen LogP contribution in [0.15, 0.2) is 30.3 Å². The Morgan fingerprint density at radius 2 is 1.71 bits per heavy atom. The Kier molecular flexibility index (Phi) is 6.71. The van der Waals surface area contributed by atoms with Crippen molar-refractivity contribution in [2.75, 3.05) is 14.2 Å². The summed E-state index contributed by atoms with van der Waals surface area (Å²) in [4.78, 5) is 31.1. The van der Waals surface area contributed by atoms with Crippen molar-refractivity contribution >= 4 is 22.0 Å². The molecule has 2 rings (SSSR count). The molecule has 0 bridgehead atoms. The molecule has 11 nitrogen and oxygen atoms in total. The molecule has 3 N–H and O–H groups in total. The van der Waals surface area contributed by atoms with Gasteiger partial charge in [-0.05, 0) is 11.6 Å². The number of aromatic carboxylic acids is 1. The number of carboxylic acids is 1. The van der Waals surface area contributed by atoms with E-state index in [9.17, 15) is 18.0 Å². The molecule has 2 amide bonds. The summed E-state index contributed by atoms with van der Waals surface area (Å²) in [5.41, 5.74) is -0.110. The number of hydrogen-bond donors (Lipinski definition) is 3. The number of hydrogen-bond acceptors (Lipinski definition) is 8. The normalized spacial score (nSPS) is 10.8. The molecule has 0 aliphatic rings. The van der Waals surface area contributed by atoms with Gasteiger partial charge in [0, 0.05) is 0 Å². The molecule has 0 fully saturated rings. The molecule has 28 heavy (non-hydrogen) atoms. The lowest BCUT2D eigenvalue weighted by Gasteiger charge is -2.10. The predicted molar refractivity (Wildman–Crippen MR) is 96.5 cm³/mol. The highest BCUT2D eigenvalue weighted by molar-refractivity contribution is 7.89. The van der Waals surface area contributed by atoms with Gasteiger partial charge in [0.2, 0.25) is 21.8 Å². The summed E-state index contributed by atoms with van der Waals surface area (Å²) in [5, 5.41) is 11.4. The first-order valence-corrected chi connectivity index (χ1v) is 9.44. The zero-order valence-electron chi connectivity index (χ0n) is 15.0. The van der Waals surface area contributed by atoms with E-state index in [0.717, 1.165) is 0 Å². The second-order valence-corrected chi connectivity index (χ2v) is 7.10. The zero-order chi connectivity index (χ0) is 20.7. The summed E-state index contributed by atoms with van der Waals surface area (Å²) in [6.07, 6.45) is 0. The van der Waals surface area contributed by atoms with E-state index in [-0.39, 0.29) is 35.3 Å². The van der Waals surface area contributed by atoms with E-state index in [1.54, 1.807) is 0 Å². The third-order valence-corrected chi connectivity index (χ3v) is 4.58. The number of sulfonamides is 1. The average Bonchev–Trinajstić information content (AvgIpc) is 2.65. The predicted octanol–water partition coefficient (Wildman–Crippen LogP) is 0.521. The van der Waals surface area contributed by atoms with Crippen LogP contribution in [0.3, 0.4) is 0 Å². The molecule has 150 valence electrons. The molecule has 0 aliphatic heterocycles. The van der Waals surface area contributed by atoms with Gasteiger partial charge in [0.15, 0.2) is 5.82 Å². The van der Waals surface area contributed by atoms with Crippen molar-refractivity contribution in [3.8, 4) is 11.8 Å². The van der Waals surface area contributed by atoms with Crippen LogP contribution in [0.4, 0.5) is 4.79 Å². The van der Waals surface area contributed by atoms with Crippen molar-refractivity contribution in [3.63, 3.8) is 0 Å². The van der Waals surface area contributed by atoms with Crippen LogP contribution in [0.25, 0.3) is 0 Å². The Morgan fingerprint density at radius 3 is 2.29 bits per heavy atom.